The monoisotopic (exact) mass is 185 g/mol. The minimum atomic E-state index is -1.65. The summed E-state index contributed by atoms with van der Waals surface area (Å²) >= 11 is 0. The summed E-state index contributed by atoms with van der Waals surface area (Å²) in [7, 11) is 0. The molecule has 0 atom stereocenters. The lowest BCUT2D eigenvalue weighted by Gasteiger charge is -1.89. The molecule has 0 saturated heterocycles. The van der Waals surface area contributed by atoms with Crippen molar-refractivity contribution in [1.29, 1.82) is 0 Å². The zero-order chi connectivity index (χ0) is 10.4. The van der Waals surface area contributed by atoms with Gasteiger partial charge >= 0.3 is 11.9 Å². The summed E-state index contributed by atoms with van der Waals surface area (Å²) in [6, 6.07) is 0. The highest BCUT2D eigenvalue weighted by molar-refractivity contribution is 6.37. The van der Waals surface area contributed by atoms with E-state index in [9.17, 15) is 14.4 Å². The maximum Gasteiger partial charge on any atom is 0.376 e. The zero-order valence-electron chi connectivity index (χ0n) is 6.43. The number of carbonyl (C=O) groups excluding carboxylic acids is 1. The first-order valence-electron chi connectivity index (χ1n) is 3.09. The Labute approximate surface area is 73.0 Å². The first-order chi connectivity index (χ1) is 5.93. The highest BCUT2D eigenvalue weighted by Crippen LogP contribution is 1.88. The van der Waals surface area contributed by atoms with Gasteiger partial charge in [0.05, 0.1) is 0 Å². The van der Waals surface area contributed by atoms with Crippen LogP contribution in [-0.4, -0.2) is 27.9 Å². The lowest BCUT2D eigenvalue weighted by atomic mass is 10.3. The molecule has 0 unspecified atom stereocenters. The Hall–Kier alpha value is -2.11. The van der Waals surface area contributed by atoms with Crippen LogP contribution in [0.3, 0.4) is 0 Å². The van der Waals surface area contributed by atoms with Crippen LogP contribution in [0.5, 0.6) is 0 Å². The van der Waals surface area contributed by atoms with Gasteiger partial charge in [0.2, 0.25) is 0 Å². The molecular weight excluding hydrogens is 178 g/mol. The third kappa shape index (κ3) is 5.19. The summed E-state index contributed by atoms with van der Waals surface area (Å²) < 4.78 is 0. The molecule has 0 radical (unpaired) electrons. The van der Waals surface area contributed by atoms with Crippen LogP contribution >= 0.6 is 0 Å². The molecule has 0 amide bonds. The molecule has 0 fully saturated rings. The smallest absolute Gasteiger partial charge is 0.376 e. The topological polar surface area (TPSA) is 118 Å². The van der Waals surface area contributed by atoms with Gasteiger partial charge in [-0.2, -0.15) is 0 Å². The van der Waals surface area contributed by atoms with Crippen molar-refractivity contribution in [3.05, 3.63) is 23.9 Å². The average Bonchev–Trinajstić information content (AvgIpc) is 2.00. The van der Waals surface area contributed by atoms with Gasteiger partial charge in [-0.15, -0.1) is 0 Å². The van der Waals surface area contributed by atoms with E-state index < -0.39 is 17.7 Å². The maximum atomic E-state index is 10.5. The van der Waals surface area contributed by atoms with Gasteiger partial charge in [0.15, 0.2) is 0 Å². The largest absolute Gasteiger partial charge is 0.478 e. The predicted octanol–water partition coefficient (Wildman–Crippen LogP) is -0.876. The second-order valence-electron chi connectivity index (χ2n) is 1.99. The summed E-state index contributed by atoms with van der Waals surface area (Å²) in [5.41, 5.74) is 4.86. The number of ketones is 1. The summed E-state index contributed by atoms with van der Waals surface area (Å²) in [6.07, 6.45) is 2.24. The molecule has 0 saturated carbocycles. The molecule has 0 aromatic carbocycles. The van der Waals surface area contributed by atoms with Crippen LogP contribution in [0.2, 0.25) is 0 Å². The third-order valence-electron chi connectivity index (χ3n) is 0.927. The molecular formula is C7H7NO5. The fourth-order valence-corrected chi connectivity index (χ4v) is 0.429. The van der Waals surface area contributed by atoms with Crippen LogP contribution in [0.4, 0.5) is 0 Å². The van der Waals surface area contributed by atoms with Gasteiger partial charge in [0, 0.05) is 17.8 Å². The van der Waals surface area contributed by atoms with E-state index in [1.807, 2.05) is 0 Å². The molecule has 0 aliphatic rings. The van der Waals surface area contributed by atoms with Crippen LogP contribution in [0.1, 0.15) is 0 Å². The van der Waals surface area contributed by atoms with Gasteiger partial charge in [0.25, 0.3) is 5.78 Å². The molecule has 0 spiro atoms. The normalized spacial score (nSPS) is 11.5. The molecule has 0 aliphatic heterocycles. The minimum absolute atomic E-state index is 0.227. The molecule has 0 aromatic heterocycles. The second kappa shape index (κ2) is 4.70. The van der Waals surface area contributed by atoms with Crippen molar-refractivity contribution < 1.29 is 24.6 Å². The van der Waals surface area contributed by atoms with Crippen molar-refractivity contribution in [2.45, 2.75) is 0 Å². The van der Waals surface area contributed by atoms with Crippen LogP contribution in [0, 0.1) is 0 Å². The van der Waals surface area contributed by atoms with Crippen LogP contribution in [0.25, 0.3) is 0 Å². The van der Waals surface area contributed by atoms with Gasteiger partial charge in [-0.05, 0) is 6.08 Å². The Kier molecular flexibility index (Phi) is 3.94. The second-order valence-corrected chi connectivity index (χ2v) is 1.99. The Morgan fingerprint density at radius 1 is 1.08 bits per heavy atom. The van der Waals surface area contributed by atoms with Gasteiger partial charge in [0.1, 0.15) is 0 Å². The lowest BCUT2D eigenvalue weighted by Crippen LogP contribution is -2.11. The number of hydrogen-bond donors (Lipinski definition) is 3. The highest BCUT2D eigenvalue weighted by Gasteiger charge is 2.06. The molecule has 70 valence electrons. The van der Waals surface area contributed by atoms with E-state index in [-0.39, 0.29) is 5.70 Å². The van der Waals surface area contributed by atoms with Gasteiger partial charge in [-0.3, -0.25) is 4.79 Å². The zero-order valence-corrected chi connectivity index (χ0v) is 6.43. The van der Waals surface area contributed by atoms with Crippen molar-refractivity contribution in [2.75, 3.05) is 0 Å². The van der Waals surface area contributed by atoms with Gasteiger partial charge in [-0.1, -0.05) is 0 Å². The molecule has 0 rings (SSSR count). The number of nitrogens with two attached hydrogens (primary N) is 1. The summed E-state index contributed by atoms with van der Waals surface area (Å²) in [5.74, 6) is -4.08. The number of hydrogen-bond acceptors (Lipinski definition) is 4. The Bertz CT molecular complexity index is 302. The van der Waals surface area contributed by atoms with Crippen LogP contribution in [0.15, 0.2) is 23.9 Å². The van der Waals surface area contributed by atoms with Crippen molar-refractivity contribution in [1.82, 2.24) is 0 Å². The first kappa shape index (κ1) is 10.9. The maximum absolute atomic E-state index is 10.5. The molecule has 0 bridgehead atoms. The summed E-state index contributed by atoms with van der Waals surface area (Å²) in [5, 5.41) is 16.3. The number of rotatable bonds is 4. The molecule has 13 heavy (non-hydrogen) atoms. The average molecular weight is 185 g/mol. The molecule has 0 aliphatic carbocycles. The van der Waals surface area contributed by atoms with E-state index in [4.69, 9.17) is 15.9 Å². The number of carboxylic acid groups (broad SMARTS) is 2. The fourth-order valence-electron chi connectivity index (χ4n) is 0.429. The van der Waals surface area contributed by atoms with Crippen molar-refractivity contribution in [2.24, 2.45) is 5.73 Å². The van der Waals surface area contributed by atoms with E-state index >= 15 is 0 Å². The Morgan fingerprint density at radius 3 is 2.00 bits per heavy atom. The summed E-state index contributed by atoms with van der Waals surface area (Å²) in [4.78, 5) is 30.4. The number of carboxylic acids is 2. The fraction of sp³-hybridized carbons (Fsp3) is 0. The van der Waals surface area contributed by atoms with E-state index in [0.29, 0.717) is 12.2 Å². The first-order valence-corrected chi connectivity index (χ1v) is 3.09. The molecule has 0 aromatic rings. The van der Waals surface area contributed by atoms with E-state index in [1.54, 1.807) is 0 Å². The number of aliphatic carboxylic acids is 2. The van der Waals surface area contributed by atoms with E-state index in [0.717, 1.165) is 6.08 Å². The number of carbonyl (C=O) groups is 3. The Balaban J connectivity index is 4.42. The quantitative estimate of drug-likeness (QED) is 0.297. The number of allylic oxidation sites excluding steroid dienone is 1. The lowest BCUT2D eigenvalue weighted by molar-refractivity contribution is -0.146. The van der Waals surface area contributed by atoms with Crippen LogP contribution < -0.4 is 5.73 Å². The summed E-state index contributed by atoms with van der Waals surface area (Å²) in [6.45, 7) is 0. The van der Waals surface area contributed by atoms with Crippen molar-refractivity contribution in [3.63, 3.8) is 0 Å². The van der Waals surface area contributed by atoms with Crippen LogP contribution in [-0.2, 0) is 14.4 Å². The molecule has 0 heterocycles. The highest BCUT2D eigenvalue weighted by atomic mass is 16.4. The standard InChI is InChI=1S/C7H7NO5/c8-4(1-2-6(10)11)3-5(9)7(12)13/h1-3H,8H2,(H,10,11)(H,12,13)/b2-1+,4-3+. The predicted molar refractivity (Wildman–Crippen MR) is 41.7 cm³/mol. The van der Waals surface area contributed by atoms with Gasteiger partial charge in [-0.25, -0.2) is 9.59 Å². The SMILES string of the molecule is NC(/C=C/C(=O)O)=C/C(=O)C(=O)O. The minimum Gasteiger partial charge on any atom is -0.478 e. The van der Waals surface area contributed by atoms with Crippen molar-refractivity contribution in [3.8, 4) is 0 Å². The molecule has 6 heteroatoms. The van der Waals surface area contributed by atoms with Crippen molar-refractivity contribution >= 4 is 17.7 Å². The van der Waals surface area contributed by atoms with E-state index in [1.165, 1.54) is 0 Å². The van der Waals surface area contributed by atoms with Gasteiger partial charge < -0.3 is 15.9 Å². The Morgan fingerprint density at radius 2 is 1.62 bits per heavy atom. The third-order valence-corrected chi connectivity index (χ3v) is 0.927. The van der Waals surface area contributed by atoms with E-state index in [2.05, 4.69) is 0 Å². The molecule has 4 N–H and O–H groups in total. The molecule has 6 nitrogen and oxygen atoms in total.